The Hall–Kier alpha value is -3.50. The number of allylic oxidation sites excluding steroid dienone is 1. The molecule has 154 valence electrons. The van der Waals surface area contributed by atoms with E-state index in [1.54, 1.807) is 39.7 Å². The topological polar surface area (TPSA) is 76.4 Å². The highest BCUT2D eigenvalue weighted by molar-refractivity contribution is 7.11. The van der Waals surface area contributed by atoms with Crippen molar-refractivity contribution in [1.82, 2.24) is 4.98 Å². The van der Waals surface area contributed by atoms with Gasteiger partial charge in [0, 0.05) is 35.0 Å². The van der Waals surface area contributed by atoms with Crippen LogP contribution in [-0.4, -0.2) is 26.3 Å². The van der Waals surface area contributed by atoms with Gasteiger partial charge in [-0.15, -0.1) is 11.3 Å². The van der Waals surface area contributed by atoms with Crippen LogP contribution in [0.25, 0.3) is 16.8 Å². The Kier molecular flexibility index (Phi) is 6.60. The Morgan fingerprint density at radius 2 is 1.77 bits per heavy atom. The first-order valence-electron chi connectivity index (χ1n) is 9.21. The van der Waals surface area contributed by atoms with Gasteiger partial charge in [-0.2, -0.15) is 5.26 Å². The third-order valence-corrected chi connectivity index (χ3v) is 5.44. The molecule has 1 N–H and O–H groups in total. The number of aryl methyl sites for hydroxylation is 2. The number of methoxy groups -OCH3 is 3. The van der Waals surface area contributed by atoms with Crippen LogP contribution in [0, 0.1) is 25.2 Å². The highest BCUT2D eigenvalue weighted by Gasteiger charge is 2.14. The van der Waals surface area contributed by atoms with Crippen LogP contribution in [0.1, 0.15) is 16.1 Å². The second-order valence-electron chi connectivity index (χ2n) is 6.58. The minimum atomic E-state index is 0.435. The van der Waals surface area contributed by atoms with Crippen molar-refractivity contribution in [2.24, 2.45) is 0 Å². The lowest BCUT2D eigenvalue weighted by atomic mass is 10.0. The number of rotatable bonds is 7. The Morgan fingerprint density at radius 1 is 1.07 bits per heavy atom. The Labute approximate surface area is 180 Å². The van der Waals surface area contributed by atoms with E-state index in [1.165, 1.54) is 16.9 Å². The molecule has 0 aliphatic rings. The van der Waals surface area contributed by atoms with E-state index >= 15 is 0 Å². The van der Waals surface area contributed by atoms with Crippen molar-refractivity contribution in [1.29, 1.82) is 5.26 Å². The molecule has 3 aromatic rings. The number of nitriles is 1. The van der Waals surface area contributed by atoms with E-state index in [-0.39, 0.29) is 0 Å². The van der Waals surface area contributed by atoms with Crippen LogP contribution in [0.5, 0.6) is 17.2 Å². The fourth-order valence-electron chi connectivity index (χ4n) is 3.08. The molecular weight excluding hydrogens is 398 g/mol. The van der Waals surface area contributed by atoms with Crippen molar-refractivity contribution in [3.63, 3.8) is 0 Å². The minimum absolute atomic E-state index is 0.435. The van der Waals surface area contributed by atoms with Crippen molar-refractivity contribution < 1.29 is 14.2 Å². The summed E-state index contributed by atoms with van der Waals surface area (Å²) in [6.45, 7) is 4.13. The van der Waals surface area contributed by atoms with Crippen molar-refractivity contribution in [2.45, 2.75) is 13.8 Å². The lowest BCUT2D eigenvalue weighted by molar-refractivity contribution is 0.324. The molecular formula is C23H23N3O3S. The molecule has 0 aliphatic carbocycles. The summed E-state index contributed by atoms with van der Waals surface area (Å²) in [5.74, 6) is 1.56. The van der Waals surface area contributed by atoms with Gasteiger partial charge in [0.05, 0.1) is 27.0 Å². The maximum Gasteiger partial charge on any atom is 0.203 e. The summed E-state index contributed by atoms with van der Waals surface area (Å²) < 4.78 is 16.1. The van der Waals surface area contributed by atoms with Crippen LogP contribution in [-0.2, 0) is 0 Å². The predicted octanol–water partition coefficient (Wildman–Crippen LogP) is 5.43. The molecule has 6 nitrogen and oxygen atoms in total. The molecule has 0 bridgehead atoms. The average Bonchev–Trinajstić information content (AvgIpc) is 3.22. The van der Waals surface area contributed by atoms with Gasteiger partial charge in [0.1, 0.15) is 16.6 Å². The second kappa shape index (κ2) is 9.33. The number of nitrogens with one attached hydrogen (secondary N) is 1. The molecule has 7 heteroatoms. The van der Waals surface area contributed by atoms with Crippen molar-refractivity contribution >= 4 is 22.6 Å². The fraction of sp³-hybridized carbons (Fsp3) is 0.217. The summed E-state index contributed by atoms with van der Waals surface area (Å²) in [4.78, 5) is 4.67. The standard InChI is InChI=1S/C23H23N3O3S/c1-14-6-7-18(15(2)8-14)19-13-30-23(26-19)16(11-24)12-25-17-9-20(27-3)22(29-5)21(10-17)28-4/h6-10,12-13,25H,1-5H3/b16-12+. The monoisotopic (exact) mass is 421 g/mol. The lowest BCUT2D eigenvalue weighted by Gasteiger charge is -2.14. The maximum absolute atomic E-state index is 9.65. The average molecular weight is 422 g/mol. The first-order valence-corrected chi connectivity index (χ1v) is 10.1. The molecule has 0 atom stereocenters. The number of hydrogen-bond donors (Lipinski definition) is 1. The molecule has 3 rings (SSSR count). The van der Waals surface area contributed by atoms with E-state index in [0.717, 1.165) is 16.8 Å². The molecule has 0 radical (unpaired) electrons. The smallest absolute Gasteiger partial charge is 0.203 e. The highest BCUT2D eigenvalue weighted by Crippen LogP contribution is 2.40. The van der Waals surface area contributed by atoms with Gasteiger partial charge in [-0.25, -0.2) is 4.98 Å². The van der Waals surface area contributed by atoms with Crippen LogP contribution >= 0.6 is 11.3 Å². The van der Waals surface area contributed by atoms with Gasteiger partial charge in [-0.1, -0.05) is 23.8 Å². The fourth-order valence-corrected chi connectivity index (χ4v) is 3.87. The van der Waals surface area contributed by atoms with Gasteiger partial charge in [0.2, 0.25) is 5.75 Å². The molecule has 30 heavy (non-hydrogen) atoms. The predicted molar refractivity (Wildman–Crippen MR) is 120 cm³/mol. The molecule has 0 saturated heterocycles. The van der Waals surface area contributed by atoms with Crippen LogP contribution in [0.2, 0.25) is 0 Å². The summed E-state index contributed by atoms with van der Waals surface area (Å²) in [6.07, 6.45) is 1.63. The van der Waals surface area contributed by atoms with Crippen molar-refractivity contribution in [2.75, 3.05) is 26.6 Å². The highest BCUT2D eigenvalue weighted by atomic mass is 32.1. The van der Waals surface area contributed by atoms with Crippen LogP contribution in [0.4, 0.5) is 5.69 Å². The molecule has 2 aromatic carbocycles. The third-order valence-electron chi connectivity index (χ3n) is 4.56. The zero-order valence-corrected chi connectivity index (χ0v) is 18.4. The number of anilines is 1. The SMILES string of the molecule is COc1cc(N/C=C(\C#N)c2nc(-c3ccc(C)cc3C)cs2)cc(OC)c1OC. The molecule has 0 spiro atoms. The van der Waals surface area contributed by atoms with Crippen LogP contribution in [0.3, 0.4) is 0 Å². The van der Waals surface area contributed by atoms with Crippen LogP contribution < -0.4 is 19.5 Å². The first-order chi connectivity index (χ1) is 14.5. The Bertz CT molecular complexity index is 1100. The number of hydrogen-bond acceptors (Lipinski definition) is 7. The molecule has 0 saturated carbocycles. The van der Waals surface area contributed by atoms with Crippen molar-refractivity contribution in [3.05, 3.63) is 58.0 Å². The molecule has 0 unspecified atom stereocenters. The molecule has 1 heterocycles. The largest absolute Gasteiger partial charge is 0.493 e. The van der Waals surface area contributed by atoms with E-state index in [1.807, 2.05) is 5.38 Å². The number of ether oxygens (including phenoxy) is 3. The molecule has 0 aliphatic heterocycles. The Balaban J connectivity index is 1.89. The van der Waals surface area contributed by atoms with E-state index < -0.39 is 0 Å². The number of nitrogens with zero attached hydrogens (tertiary/aromatic N) is 2. The van der Waals surface area contributed by atoms with Crippen molar-refractivity contribution in [3.8, 4) is 34.6 Å². The van der Waals surface area contributed by atoms with Crippen LogP contribution in [0.15, 0.2) is 41.9 Å². The summed E-state index contributed by atoms with van der Waals surface area (Å²) in [5, 5.41) is 15.4. The van der Waals surface area contributed by atoms with E-state index in [4.69, 9.17) is 14.2 Å². The third kappa shape index (κ3) is 4.39. The number of aromatic nitrogens is 1. The quantitative estimate of drug-likeness (QED) is 0.513. The van der Waals surface area contributed by atoms with Gasteiger partial charge < -0.3 is 19.5 Å². The minimum Gasteiger partial charge on any atom is -0.493 e. The summed E-state index contributed by atoms with van der Waals surface area (Å²) in [5.41, 5.74) is 5.43. The molecule has 1 aromatic heterocycles. The van der Waals surface area contributed by atoms with Gasteiger partial charge in [0.15, 0.2) is 11.5 Å². The second-order valence-corrected chi connectivity index (χ2v) is 7.44. The number of thiazole rings is 1. The van der Waals surface area contributed by atoms with Gasteiger partial charge in [-0.3, -0.25) is 0 Å². The van der Waals surface area contributed by atoms with E-state index in [2.05, 4.69) is 48.4 Å². The zero-order chi connectivity index (χ0) is 21.7. The molecule has 0 fully saturated rings. The van der Waals surface area contributed by atoms with E-state index in [0.29, 0.717) is 33.5 Å². The maximum atomic E-state index is 9.65. The lowest BCUT2D eigenvalue weighted by Crippen LogP contribution is -1.98. The number of benzene rings is 2. The molecule has 0 amide bonds. The summed E-state index contributed by atoms with van der Waals surface area (Å²) >= 11 is 1.44. The first kappa shape index (κ1) is 21.2. The van der Waals surface area contributed by atoms with Gasteiger partial charge in [0.25, 0.3) is 0 Å². The normalized spacial score (nSPS) is 11.0. The van der Waals surface area contributed by atoms with Gasteiger partial charge in [-0.05, 0) is 19.4 Å². The van der Waals surface area contributed by atoms with E-state index in [9.17, 15) is 5.26 Å². The zero-order valence-electron chi connectivity index (χ0n) is 17.6. The Morgan fingerprint density at radius 3 is 2.33 bits per heavy atom. The van der Waals surface area contributed by atoms with Gasteiger partial charge >= 0.3 is 0 Å². The summed E-state index contributed by atoms with van der Waals surface area (Å²) in [7, 11) is 4.67. The summed E-state index contributed by atoms with van der Waals surface area (Å²) in [6, 6.07) is 12.0.